The first kappa shape index (κ1) is 13.9. The molecule has 1 saturated carbocycles. The van der Waals surface area contributed by atoms with Crippen molar-refractivity contribution in [3.63, 3.8) is 0 Å². The Balaban J connectivity index is 1.86. The van der Waals surface area contributed by atoms with Gasteiger partial charge in [-0.2, -0.15) is 0 Å². The van der Waals surface area contributed by atoms with Gasteiger partial charge in [0.2, 0.25) is 0 Å². The fraction of sp³-hybridized carbons (Fsp3) is 0.526. The molecule has 4 unspecified atom stereocenters. The molecule has 1 aromatic carbocycles. The molecule has 0 spiro atoms. The van der Waals surface area contributed by atoms with E-state index in [0.717, 1.165) is 18.6 Å². The van der Waals surface area contributed by atoms with E-state index < -0.39 is 0 Å². The van der Waals surface area contributed by atoms with Gasteiger partial charge >= 0.3 is 5.97 Å². The standard InChI is InChI=1S/C19H22O3/c1-11-8-12-4-5-13(21-3)9-15(12)18-14(11)6-7-19(2)16(18)10-17(20)22-19/h4-5,8-9,14,16,18H,6-7,10H2,1-3H3. The normalized spacial score (nSPS) is 35.9. The summed E-state index contributed by atoms with van der Waals surface area (Å²) in [6.45, 7) is 4.34. The first-order chi connectivity index (χ1) is 10.5. The minimum absolute atomic E-state index is 0.0372. The van der Waals surface area contributed by atoms with Gasteiger partial charge in [0, 0.05) is 5.92 Å². The molecular weight excluding hydrogens is 276 g/mol. The Kier molecular flexibility index (Phi) is 2.91. The monoisotopic (exact) mass is 298 g/mol. The molecule has 22 heavy (non-hydrogen) atoms. The third kappa shape index (κ3) is 1.84. The number of hydrogen-bond donors (Lipinski definition) is 0. The van der Waals surface area contributed by atoms with Crippen LogP contribution < -0.4 is 4.74 Å². The lowest BCUT2D eigenvalue weighted by molar-refractivity contribution is -0.150. The molecule has 1 aliphatic heterocycles. The van der Waals surface area contributed by atoms with Gasteiger partial charge < -0.3 is 9.47 Å². The Bertz CT molecular complexity index is 675. The van der Waals surface area contributed by atoms with Crippen molar-refractivity contribution in [2.75, 3.05) is 7.11 Å². The van der Waals surface area contributed by atoms with Crippen LogP contribution in [0.2, 0.25) is 0 Å². The number of carbonyl (C=O) groups excluding carboxylic acids is 1. The topological polar surface area (TPSA) is 35.5 Å². The van der Waals surface area contributed by atoms with E-state index in [1.54, 1.807) is 7.11 Å². The predicted molar refractivity (Wildman–Crippen MR) is 84.7 cm³/mol. The summed E-state index contributed by atoms with van der Waals surface area (Å²) in [4.78, 5) is 11.9. The van der Waals surface area contributed by atoms with Crippen LogP contribution in [0.1, 0.15) is 50.2 Å². The van der Waals surface area contributed by atoms with E-state index in [9.17, 15) is 4.79 Å². The number of esters is 1. The highest BCUT2D eigenvalue weighted by Gasteiger charge is 2.55. The van der Waals surface area contributed by atoms with Crippen molar-refractivity contribution < 1.29 is 14.3 Å². The molecule has 1 heterocycles. The molecule has 4 atom stereocenters. The second-order valence-electron chi connectivity index (χ2n) is 7.15. The number of allylic oxidation sites excluding steroid dienone is 1. The highest BCUT2D eigenvalue weighted by molar-refractivity contribution is 5.74. The maximum absolute atomic E-state index is 11.9. The lowest BCUT2D eigenvalue weighted by Gasteiger charge is -2.47. The van der Waals surface area contributed by atoms with Gasteiger partial charge in [0.25, 0.3) is 0 Å². The molecule has 4 rings (SSSR count). The predicted octanol–water partition coefficient (Wildman–Crippen LogP) is 3.93. The molecule has 3 aliphatic rings. The third-order valence-corrected chi connectivity index (χ3v) is 5.96. The van der Waals surface area contributed by atoms with E-state index in [1.807, 2.05) is 6.07 Å². The second kappa shape index (κ2) is 4.61. The summed E-state index contributed by atoms with van der Waals surface area (Å²) in [7, 11) is 1.70. The Morgan fingerprint density at radius 3 is 2.95 bits per heavy atom. The molecule has 1 aromatic rings. The zero-order valence-corrected chi connectivity index (χ0v) is 13.4. The van der Waals surface area contributed by atoms with Gasteiger partial charge in [0.15, 0.2) is 0 Å². The Hall–Kier alpha value is -1.77. The molecule has 1 saturated heterocycles. The van der Waals surface area contributed by atoms with Crippen LogP contribution in [0.5, 0.6) is 5.75 Å². The van der Waals surface area contributed by atoms with Crippen molar-refractivity contribution in [2.24, 2.45) is 11.8 Å². The number of fused-ring (bicyclic) bond motifs is 5. The molecule has 116 valence electrons. The SMILES string of the molecule is COc1ccc2c(c1)C1C(CCC3(C)OC(=O)CC13)C(C)=C2. The molecule has 3 nitrogen and oxygen atoms in total. The summed E-state index contributed by atoms with van der Waals surface area (Å²) in [5, 5.41) is 0. The summed E-state index contributed by atoms with van der Waals surface area (Å²) in [6, 6.07) is 6.31. The average Bonchev–Trinajstić information content (AvgIpc) is 2.80. The number of methoxy groups -OCH3 is 1. The van der Waals surface area contributed by atoms with E-state index in [-0.39, 0.29) is 17.5 Å². The quantitative estimate of drug-likeness (QED) is 0.737. The van der Waals surface area contributed by atoms with Gasteiger partial charge in [-0.3, -0.25) is 4.79 Å². The van der Waals surface area contributed by atoms with Crippen LogP contribution in [0, 0.1) is 11.8 Å². The van der Waals surface area contributed by atoms with Crippen molar-refractivity contribution in [3.05, 3.63) is 34.9 Å². The highest BCUT2D eigenvalue weighted by atomic mass is 16.6. The van der Waals surface area contributed by atoms with Crippen LogP contribution in [0.25, 0.3) is 6.08 Å². The van der Waals surface area contributed by atoms with Gasteiger partial charge in [0.05, 0.1) is 13.5 Å². The molecular formula is C19H22O3. The summed E-state index contributed by atoms with van der Waals surface area (Å²) >= 11 is 0. The molecule has 0 aromatic heterocycles. The minimum atomic E-state index is -0.295. The Morgan fingerprint density at radius 1 is 1.36 bits per heavy atom. The van der Waals surface area contributed by atoms with Gasteiger partial charge in [-0.05, 0) is 61.8 Å². The molecule has 2 aliphatic carbocycles. The fourth-order valence-electron chi connectivity index (χ4n) is 4.81. The number of hydrogen-bond acceptors (Lipinski definition) is 3. The maximum Gasteiger partial charge on any atom is 0.306 e. The second-order valence-corrected chi connectivity index (χ2v) is 7.15. The van der Waals surface area contributed by atoms with Gasteiger partial charge in [-0.25, -0.2) is 0 Å². The smallest absolute Gasteiger partial charge is 0.306 e. The van der Waals surface area contributed by atoms with Crippen LogP contribution in [-0.2, 0) is 9.53 Å². The molecule has 0 N–H and O–H groups in total. The lowest BCUT2D eigenvalue weighted by atomic mass is 9.58. The number of benzene rings is 1. The van der Waals surface area contributed by atoms with E-state index >= 15 is 0 Å². The van der Waals surface area contributed by atoms with Crippen LogP contribution in [0.15, 0.2) is 23.8 Å². The highest BCUT2D eigenvalue weighted by Crippen LogP contribution is 2.57. The Morgan fingerprint density at radius 2 is 2.18 bits per heavy atom. The fourth-order valence-corrected chi connectivity index (χ4v) is 4.81. The third-order valence-electron chi connectivity index (χ3n) is 5.96. The van der Waals surface area contributed by atoms with Crippen LogP contribution in [-0.4, -0.2) is 18.7 Å². The first-order valence-electron chi connectivity index (χ1n) is 8.10. The van der Waals surface area contributed by atoms with Crippen LogP contribution in [0.3, 0.4) is 0 Å². The van der Waals surface area contributed by atoms with Crippen molar-refractivity contribution in [1.29, 1.82) is 0 Å². The largest absolute Gasteiger partial charge is 0.497 e. The molecule has 2 fully saturated rings. The number of ether oxygens (including phenoxy) is 2. The zero-order chi connectivity index (χ0) is 15.5. The van der Waals surface area contributed by atoms with Crippen LogP contribution >= 0.6 is 0 Å². The lowest BCUT2D eigenvalue weighted by Crippen LogP contribution is -2.44. The van der Waals surface area contributed by atoms with Gasteiger partial charge in [0.1, 0.15) is 11.4 Å². The van der Waals surface area contributed by atoms with Gasteiger partial charge in [-0.1, -0.05) is 17.7 Å². The maximum atomic E-state index is 11.9. The summed E-state index contributed by atoms with van der Waals surface area (Å²) < 4.78 is 11.1. The Labute approximate surface area is 131 Å². The van der Waals surface area contributed by atoms with E-state index in [2.05, 4.69) is 32.1 Å². The first-order valence-corrected chi connectivity index (χ1v) is 8.10. The van der Waals surface area contributed by atoms with E-state index in [4.69, 9.17) is 9.47 Å². The molecule has 0 radical (unpaired) electrons. The van der Waals surface area contributed by atoms with Crippen molar-refractivity contribution >= 4 is 12.0 Å². The number of rotatable bonds is 1. The van der Waals surface area contributed by atoms with Gasteiger partial charge in [-0.15, -0.1) is 0 Å². The summed E-state index contributed by atoms with van der Waals surface area (Å²) in [5.41, 5.74) is 3.73. The average molecular weight is 298 g/mol. The van der Waals surface area contributed by atoms with Crippen molar-refractivity contribution in [2.45, 2.75) is 44.6 Å². The van der Waals surface area contributed by atoms with Crippen LogP contribution in [0.4, 0.5) is 0 Å². The van der Waals surface area contributed by atoms with E-state index in [0.29, 0.717) is 18.3 Å². The zero-order valence-electron chi connectivity index (χ0n) is 13.4. The minimum Gasteiger partial charge on any atom is -0.497 e. The number of carbonyl (C=O) groups is 1. The summed E-state index contributed by atoms with van der Waals surface area (Å²) in [6.07, 6.45) is 4.90. The van der Waals surface area contributed by atoms with Crippen molar-refractivity contribution in [3.8, 4) is 5.75 Å². The summed E-state index contributed by atoms with van der Waals surface area (Å²) in [5.74, 6) is 2.01. The molecule has 0 amide bonds. The van der Waals surface area contributed by atoms with Crippen molar-refractivity contribution in [1.82, 2.24) is 0 Å². The molecule has 0 bridgehead atoms. The molecule has 3 heteroatoms. The van der Waals surface area contributed by atoms with E-state index in [1.165, 1.54) is 16.7 Å².